The molecular weight excluding hydrogens is 303 g/mol. The van der Waals surface area contributed by atoms with Crippen LogP contribution in [0.1, 0.15) is 6.92 Å². The average Bonchev–Trinajstić information content (AvgIpc) is 2.33. The van der Waals surface area contributed by atoms with Gasteiger partial charge >= 0.3 is 0 Å². The van der Waals surface area contributed by atoms with E-state index in [1.807, 2.05) is 6.92 Å². The van der Waals surface area contributed by atoms with E-state index in [1.165, 1.54) is 0 Å². The van der Waals surface area contributed by atoms with Crippen molar-refractivity contribution in [2.24, 2.45) is 0 Å². The zero-order valence-corrected chi connectivity index (χ0v) is 12.9. The van der Waals surface area contributed by atoms with Crippen LogP contribution in [0.5, 0.6) is 0 Å². The molecule has 0 unspecified atom stereocenters. The van der Waals surface area contributed by atoms with Gasteiger partial charge in [-0.3, -0.25) is 9.59 Å². The Morgan fingerprint density at radius 1 is 1.24 bits per heavy atom. The van der Waals surface area contributed by atoms with Gasteiger partial charge in [0.1, 0.15) is 5.88 Å². The van der Waals surface area contributed by atoms with Gasteiger partial charge in [-0.15, -0.1) is 23.2 Å². The Balaban J connectivity index is 0. The summed E-state index contributed by atoms with van der Waals surface area (Å²) in [5, 5.41) is 5.22. The number of carbonyl (C=O) groups excluding carboxylic acids is 2. The lowest BCUT2D eigenvalue weighted by atomic mass is 10.6. The minimum absolute atomic E-state index is 0.0149. The second-order valence-electron chi connectivity index (χ2n) is 2.47. The first-order valence-electron chi connectivity index (χ1n) is 5.02. The predicted octanol–water partition coefficient (Wildman–Crippen LogP) is 1.71. The molecule has 17 heavy (non-hydrogen) atoms. The van der Waals surface area contributed by atoms with E-state index in [4.69, 9.17) is 23.2 Å². The Bertz CT molecular complexity index is 188. The number of alkyl halides is 2. The zero-order valence-electron chi connectivity index (χ0n) is 9.71. The molecular formula is C9H18Cl2N2O2S2. The molecule has 0 aromatic carbocycles. The van der Waals surface area contributed by atoms with Crippen LogP contribution in [0.3, 0.4) is 0 Å². The van der Waals surface area contributed by atoms with Gasteiger partial charge < -0.3 is 10.6 Å². The van der Waals surface area contributed by atoms with Crippen molar-refractivity contribution in [2.45, 2.75) is 6.92 Å². The quantitative estimate of drug-likeness (QED) is 0.294. The minimum atomic E-state index is -0.139. The number of carbonyl (C=O) groups is 2. The fraction of sp³-hybridized carbons (Fsp3) is 0.778. The van der Waals surface area contributed by atoms with Crippen LogP contribution in [-0.2, 0) is 9.59 Å². The van der Waals surface area contributed by atoms with Crippen LogP contribution in [0, 0.1) is 0 Å². The summed E-state index contributed by atoms with van der Waals surface area (Å²) in [4.78, 5) is 20.5. The summed E-state index contributed by atoms with van der Waals surface area (Å²) in [6, 6.07) is 0. The van der Waals surface area contributed by atoms with Crippen molar-refractivity contribution in [1.29, 1.82) is 0 Å². The van der Waals surface area contributed by atoms with Gasteiger partial charge in [0.15, 0.2) is 0 Å². The lowest BCUT2D eigenvalue weighted by molar-refractivity contribution is -0.118. The Kier molecular flexibility index (Phi) is 21.4. The van der Waals surface area contributed by atoms with E-state index in [2.05, 4.69) is 10.6 Å². The first-order valence-corrected chi connectivity index (χ1v) is 8.58. The summed E-state index contributed by atoms with van der Waals surface area (Å²) >= 11 is 10.3. The molecule has 0 heterocycles. The van der Waals surface area contributed by atoms with Gasteiger partial charge in [-0.05, 0) is 0 Å². The molecule has 0 aromatic heterocycles. The van der Waals surface area contributed by atoms with Gasteiger partial charge in [0, 0.05) is 30.5 Å². The molecule has 0 spiro atoms. The molecule has 0 aromatic rings. The van der Waals surface area contributed by atoms with Crippen molar-refractivity contribution in [3.8, 4) is 0 Å². The van der Waals surface area contributed by atoms with Crippen LogP contribution in [0.25, 0.3) is 0 Å². The first kappa shape index (κ1) is 19.6. The molecule has 8 heteroatoms. The molecule has 0 bridgehead atoms. The van der Waals surface area contributed by atoms with Gasteiger partial charge in [-0.2, -0.15) is 0 Å². The third kappa shape index (κ3) is 22.0. The van der Waals surface area contributed by atoms with Crippen molar-refractivity contribution in [3.63, 3.8) is 0 Å². The molecule has 0 aliphatic carbocycles. The maximum absolute atomic E-state index is 10.7. The Morgan fingerprint density at radius 2 is 1.76 bits per heavy atom. The number of halogens is 2. The predicted molar refractivity (Wildman–Crippen MR) is 79.1 cm³/mol. The molecule has 0 aliphatic rings. The van der Waals surface area contributed by atoms with Crippen molar-refractivity contribution in [3.05, 3.63) is 0 Å². The fourth-order valence-electron chi connectivity index (χ4n) is 0.557. The van der Waals surface area contributed by atoms with E-state index >= 15 is 0 Å². The molecule has 2 N–H and O–H groups in total. The van der Waals surface area contributed by atoms with Crippen LogP contribution >= 0.6 is 44.8 Å². The molecule has 102 valence electrons. The third-order valence-electron chi connectivity index (χ3n) is 1.13. The monoisotopic (exact) mass is 320 g/mol. The van der Waals surface area contributed by atoms with Crippen LogP contribution in [0.15, 0.2) is 0 Å². The molecule has 0 atom stereocenters. The average molecular weight is 321 g/mol. The van der Waals surface area contributed by atoms with E-state index in [9.17, 15) is 9.59 Å². The Hall–Kier alpha value is 0.220. The summed E-state index contributed by atoms with van der Waals surface area (Å²) in [5.41, 5.74) is 0. The van der Waals surface area contributed by atoms with E-state index in [1.54, 1.807) is 21.6 Å². The fourth-order valence-corrected chi connectivity index (χ4v) is 2.48. The van der Waals surface area contributed by atoms with E-state index in [0.29, 0.717) is 19.5 Å². The van der Waals surface area contributed by atoms with Crippen LogP contribution < -0.4 is 10.6 Å². The highest BCUT2D eigenvalue weighted by Gasteiger charge is 1.96. The SMILES string of the molecule is CCCl.O=CNCCSSCCNC(=O)CCl. The van der Waals surface area contributed by atoms with Crippen LogP contribution in [0.4, 0.5) is 0 Å². The summed E-state index contributed by atoms with van der Waals surface area (Å²) in [5.74, 6) is 2.31. The molecule has 0 radical (unpaired) electrons. The number of amides is 2. The lowest BCUT2D eigenvalue weighted by Crippen LogP contribution is -2.26. The summed E-state index contributed by atoms with van der Waals surface area (Å²) in [6.07, 6.45) is 0.686. The van der Waals surface area contributed by atoms with Gasteiger partial charge in [0.25, 0.3) is 0 Å². The second kappa shape index (κ2) is 18.6. The highest BCUT2D eigenvalue weighted by molar-refractivity contribution is 8.76. The molecule has 4 nitrogen and oxygen atoms in total. The van der Waals surface area contributed by atoms with E-state index in [0.717, 1.165) is 17.4 Å². The summed E-state index contributed by atoms with van der Waals surface area (Å²) in [7, 11) is 3.32. The molecule has 0 saturated carbocycles. The molecule has 0 fully saturated rings. The number of rotatable bonds is 9. The largest absolute Gasteiger partial charge is 0.358 e. The normalized spacial score (nSPS) is 8.88. The standard InChI is InChI=1S/C7H13ClN2O2S2.C2H5Cl/c8-5-7(12)10-2-4-14-13-3-1-9-6-11;1-2-3/h6H,1-5H2,(H,9,11)(H,10,12);2H2,1H3. The molecule has 2 amide bonds. The van der Waals surface area contributed by atoms with Crippen molar-refractivity contribution in [2.75, 3.05) is 36.4 Å². The summed E-state index contributed by atoms with van der Waals surface area (Å²) < 4.78 is 0. The number of hydrogen-bond acceptors (Lipinski definition) is 4. The molecule has 0 rings (SSSR count). The third-order valence-corrected chi connectivity index (χ3v) is 3.78. The van der Waals surface area contributed by atoms with E-state index in [-0.39, 0.29) is 11.8 Å². The van der Waals surface area contributed by atoms with Crippen LogP contribution in [-0.4, -0.2) is 48.7 Å². The lowest BCUT2D eigenvalue weighted by Gasteiger charge is -2.02. The number of nitrogens with one attached hydrogen (secondary N) is 2. The topological polar surface area (TPSA) is 58.2 Å². The summed E-state index contributed by atoms with van der Waals surface area (Å²) in [6.45, 7) is 3.20. The number of hydrogen-bond donors (Lipinski definition) is 2. The van der Waals surface area contributed by atoms with Gasteiger partial charge in [0.2, 0.25) is 12.3 Å². The van der Waals surface area contributed by atoms with Crippen LogP contribution in [0.2, 0.25) is 0 Å². The maximum atomic E-state index is 10.7. The van der Waals surface area contributed by atoms with Gasteiger partial charge in [0.05, 0.1) is 0 Å². The molecule has 0 saturated heterocycles. The Labute approximate surface area is 120 Å². The van der Waals surface area contributed by atoms with Gasteiger partial charge in [-0.1, -0.05) is 28.5 Å². The van der Waals surface area contributed by atoms with Crippen molar-refractivity contribution < 1.29 is 9.59 Å². The maximum Gasteiger partial charge on any atom is 0.234 e. The highest BCUT2D eigenvalue weighted by atomic mass is 35.5. The first-order chi connectivity index (χ1) is 8.22. The van der Waals surface area contributed by atoms with Gasteiger partial charge in [-0.25, -0.2) is 0 Å². The smallest absolute Gasteiger partial charge is 0.234 e. The molecule has 0 aliphatic heterocycles. The van der Waals surface area contributed by atoms with E-state index < -0.39 is 0 Å². The van der Waals surface area contributed by atoms with Crippen molar-refractivity contribution >= 4 is 57.1 Å². The van der Waals surface area contributed by atoms with Crippen molar-refractivity contribution in [1.82, 2.24) is 10.6 Å². The zero-order chi connectivity index (χ0) is 13.4. The second-order valence-corrected chi connectivity index (χ2v) is 5.97. The minimum Gasteiger partial charge on any atom is -0.358 e. The highest BCUT2D eigenvalue weighted by Crippen LogP contribution is 2.18. The Morgan fingerprint density at radius 3 is 2.24 bits per heavy atom.